The van der Waals surface area contributed by atoms with E-state index in [0.717, 1.165) is 0 Å². The van der Waals surface area contributed by atoms with Gasteiger partial charge in [-0.2, -0.15) is 0 Å². The van der Waals surface area contributed by atoms with Crippen LogP contribution in [-0.2, 0) is 4.79 Å². The molecule has 0 spiro atoms. The SMILES string of the molecule is Nc1c(Br)cc(C(=O)CCC(=O)N2CCC(O)CC2)cc1Br. The van der Waals surface area contributed by atoms with Gasteiger partial charge in [0.25, 0.3) is 0 Å². The highest BCUT2D eigenvalue weighted by atomic mass is 79.9. The molecule has 2 rings (SSSR count). The summed E-state index contributed by atoms with van der Waals surface area (Å²) in [4.78, 5) is 26.0. The minimum atomic E-state index is -0.310. The van der Waals surface area contributed by atoms with Crippen LogP contribution in [0.4, 0.5) is 5.69 Å². The van der Waals surface area contributed by atoms with Crippen molar-refractivity contribution in [2.24, 2.45) is 0 Å². The Morgan fingerprint density at radius 3 is 2.27 bits per heavy atom. The van der Waals surface area contributed by atoms with Crippen molar-refractivity contribution >= 4 is 49.2 Å². The lowest BCUT2D eigenvalue weighted by Crippen LogP contribution is -2.40. The van der Waals surface area contributed by atoms with E-state index in [-0.39, 0.29) is 30.6 Å². The first kappa shape index (κ1) is 17.4. The molecule has 0 aromatic heterocycles. The van der Waals surface area contributed by atoms with Gasteiger partial charge >= 0.3 is 0 Å². The zero-order valence-electron chi connectivity index (χ0n) is 12.0. The fraction of sp³-hybridized carbons (Fsp3) is 0.467. The summed E-state index contributed by atoms with van der Waals surface area (Å²) in [6, 6.07) is 3.34. The molecule has 1 amide bonds. The Balaban J connectivity index is 1.91. The highest BCUT2D eigenvalue weighted by Crippen LogP contribution is 2.30. The van der Waals surface area contributed by atoms with Crippen molar-refractivity contribution < 1.29 is 14.7 Å². The van der Waals surface area contributed by atoms with Crippen LogP contribution in [0.3, 0.4) is 0 Å². The molecular formula is C15H18Br2N2O3. The Bertz CT molecular complexity index is 561. The number of nitrogens with zero attached hydrogens (tertiary/aromatic N) is 1. The van der Waals surface area contributed by atoms with Gasteiger partial charge in [-0.25, -0.2) is 0 Å². The predicted octanol–water partition coefficient (Wildman–Crippen LogP) is 2.74. The first-order chi connectivity index (χ1) is 10.4. The maximum atomic E-state index is 12.2. The number of Topliss-reactive ketones (excluding diaryl/α,β-unsaturated/α-hetero) is 1. The van der Waals surface area contributed by atoms with Gasteiger partial charge in [0, 0.05) is 40.4 Å². The van der Waals surface area contributed by atoms with Crippen LogP contribution in [0.25, 0.3) is 0 Å². The number of aliphatic hydroxyl groups excluding tert-OH is 1. The Morgan fingerprint density at radius 1 is 1.18 bits per heavy atom. The van der Waals surface area contributed by atoms with E-state index in [1.54, 1.807) is 17.0 Å². The molecule has 3 N–H and O–H groups in total. The van der Waals surface area contributed by atoms with Crippen LogP contribution in [0.1, 0.15) is 36.0 Å². The third-order valence-electron chi connectivity index (χ3n) is 3.78. The number of likely N-dealkylation sites (tertiary alicyclic amines) is 1. The van der Waals surface area contributed by atoms with Crippen molar-refractivity contribution in [3.8, 4) is 0 Å². The van der Waals surface area contributed by atoms with Crippen LogP contribution in [-0.4, -0.2) is 40.9 Å². The molecule has 1 aliphatic rings. The summed E-state index contributed by atoms with van der Waals surface area (Å²) in [5, 5.41) is 9.44. The van der Waals surface area contributed by atoms with E-state index in [1.807, 2.05) is 0 Å². The van der Waals surface area contributed by atoms with Gasteiger partial charge in [-0.3, -0.25) is 9.59 Å². The topological polar surface area (TPSA) is 83.6 Å². The van der Waals surface area contributed by atoms with Crippen LogP contribution < -0.4 is 5.73 Å². The second-order valence-electron chi connectivity index (χ2n) is 5.39. The number of anilines is 1. The van der Waals surface area contributed by atoms with E-state index in [1.165, 1.54) is 0 Å². The van der Waals surface area contributed by atoms with E-state index >= 15 is 0 Å². The summed E-state index contributed by atoms with van der Waals surface area (Å²) in [5.74, 6) is -0.124. The van der Waals surface area contributed by atoms with Crippen LogP contribution in [0.5, 0.6) is 0 Å². The second-order valence-corrected chi connectivity index (χ2v) is 7.10. The first-order valence-electron chi connectivity index (χ1n) is 7.12. The van der Waals surface area contributed by atoms with Crippen molar-refractivity contribution in [1.29, 1.82) is 0 Å². The monoisotopic (exact) mass is 432 g/mol. The molecule has 0 bridgehead atoms. The number of rotatable bonds is 4. The van der Waals surface area contributed by atoms with Crippen LogP contribution in [0.15, 0.2) is 21.1 Å². The number of nitrogens with two attached hydrogens (primary N) is 1. The van der Waals surface area contributed by atoms with Crippen molar-refractivity contribution in [3.63, 3.8) is 0 Å². The summed E-state index contributed by atoms with van der Waals surface area (Å²) in [6.07, 6.45) is 1.26. The molecule has 1 aromatic carbocycles. The fourth-order valence-electron chi connectivity index (χ4n) is 2.38. The molecule has 1 saturated heterocycles. The molecule has 22 heavy (non-hydrogen) atoms. The molecule has 0 unspecified atom stereocenters. The smallest absolute Gasteiger partial charge is 0.223 e. The lowest BCUT2D eigenvalue weighted by Gasteiger charge is -2.29. The van der Waals surface area contributed by atoms with Crippen molar-refractivity contribution in [3.05, 3.63) is 26.6 Å². The lowest BCUT2D eigenvalue weighted by molar-refractivity contribution is -0.133. The molecule has 0 atom stereocenters. The Morgan fingerprint density at radius 2 is 1.73 bits per heavy atom. The molecule has 120 valence electrons. The third kappa shape index (κ3) is 4.30. The van der Waals surface area contributed by atoms with Gasteiger partial charge in [0.1, 0.15) is 0 Å². The highest BCUT2D eigenvalue weighted by molar-refractivity contribution is 9.11. The number of benzene rings is 1. The number of hydrogen-bond donors (Lipinski definition) is 2. The number of hydrogen-bond acceptors (Lipinski definition) is 4. The number of halogens is 2. The summed E-state index contributed by atoms with van der Waals surface area (Å²) in [7, 11) is 0. The van der Waals surface area contributed by atoms with Gasteiger partial charge in [0.05, 0.1) is 11.8 Å². The van der Waals surface area contributed by atoms with E-state index in [2.05, 4.69) is 31.9 Å². The number of aliphatic hydroxyl groups is 1. The molecule has 1 aromatic rings. The summed E-state index contributed by atoms with van der Waals surface area (Å²) in [5.41, 5.74) is 6.86. The molecule has 7 heteroatoms. The third-order valence-corrected chi connectivity index (χ3v) is 5.10. The Kier molecular flexibility index (Phi) is 6.00. The van der Waals surface area contributed by atoms with E-state index in [4.69, 9.17) is 5.73 Å². The zero-order chi connectivity index (χ0) is 16.3. The molecule has 5 nitrogen and oxygen atoms in total. The largest absolute Gasteiger partial charge is 0.397 e. The Hall–Kier alpha value is -0.920. The van der Waals surface area contributed by atoms with Gasteiger partial charge < -0.3 is 15.7 Å². The molecule has 1 aliphatic heterocycles. The molecule has 0 aliphatic carbocycles. The normalized spacial score (nSPS) is 15.9. The lowest BCUT2D eigenvalue weighted by atomic mass is 10.0. The predicted molar refractivity (Wildman–Crippen MR) is 91.6 cm³/mol. The van der Waals surface area contributed by atoms with Crippen molar-refractivity contribution in [2.75, 3.05) is 18.8 Å². The molecule has 0 saturated carbocycles. The number of ketones is 1. The highest BCUT2D eigenvalue weighted by Gasteiger charge is 2.22. The standard InChI is InChI=1S/C15H18Br2N2O3/c16-11-7-9(8-12(17)15(11)18)13(21)1-2-14(22)19-5-3-10(20)4-6-19/h7-8,10,20H,1-6,18H2. The van der Waals surface area contributed by atoms with Gasteiger partial charge in [-0.05, 0) is 56.8 Å². The van der Waals surface area contributed by atoms with E-state index < -0.39 is 0 Å². The second kappa shape index (κ2) is 7.57. The summed E-state index contributed by atoms with van der Waals surface area (Å²) >= 11 is 6.61. The summed E-state index contributed by atoms with van der Waals surface area (Å²) in [6.45, 7) is 1.13. The Labute approximate surface area is 146 Å². The van der Waals surface area contributed by atoms with Gasteiger partial charge in [0.2, 0.25) is 5.91 Å². The van der Waals surface area contributed by atoms with Crippen LogP contribution in [0, 0.1) is 0 Å². The van der Waals surface area contributed by atoms with Crippen molar-refractivity contribution in [1.82, 2.24) is 4.90 Å². The fourth-order valence-corrected chi connectivity index (χ4v) is 3.57. The van der Waals surface area contributed by atoms with Gasteiger partial charge in [0.15, 0.2) is 5.78 Å². The van der Waals surface area contributed by atoms with Crippen LogP contribution in [0.2, 0.25) is 0 Å². The average Bonchev–Trinajstić information content (AvgIpc) is 2.50. The molecule has 0 radical (unpaired) electrons. The number of carbonyl (C=O) groups is 2. The van der Waals surface area contributed by atoms with Crippen molar-refractivity contribution in [2.45, 2.75) is 31.8 Å². The van der Waals surface area contributed by atoms with Gasteiger partial charge in [-0.15, -0.1) is 0 Å². The van der Waals surface area contributed by atoms with Crippen LogP contribution >= 0.6 is 31.9 Å². The molecule has 1 fully saturated rings. The van der Waals surface area contributed by atoms with Gasteiger partial charge in [-0.1, -0.05) is 0 Å². The average molecular weight is 434 g/mol. The minimum absolute atomic E-state index is 0.0335. The maximum absolute atomic E-state index is 12.2. The van der Waals surface area contributed by atoms with E-state index in [9.17, 15) is 14.7 Å². The molecule has 1 heterocycles. The minimum Gasteiger partial charge on any atom is -0.397 e. The number of carbonyl (C=O) groups excluding carboxylic acids is 2. The summed E-state index contributed by atoms with van der Waals surface area (Å²) < 4.78 is 1.31. The molecular weight excluding hydrogens is 416 g/mol. The number of amides is 1. The number of nitrogen functional groups attached to an aromatic ring is 1. The number of piperidine rings is 1. The zero-order valence-corrected chi connectivity index (χ0v) is 15.2. The maximum Gasteiger partial charge on any atom is 0.223 e. The quantitative estimate of drug-likeness (QED) is 0.564. The van der Waals surface area contributed by atoms with E-state index in [0.29, 0.717) is 46.1 Å². The first-order valence-corrected chi connectivity index (χ1v) is 8.70.